The predicted octanol–water partition coefficient (Wildman–Crippen LogP) is 5.91. The molecule has 0 bridgehead atoms. The molecule has 0 aliphatic heterocycles. The maximum Gasteiger partial charge on any atom is 0.146 e. The molecule has 0 N–H and O–H groups in total. The van der Waals surface area contributed by atoms with Gasteiger partial charge in [0.2, 0.25) is 0 Å². The van der Waals surface area contributed by atoms with Crippen LogP contribution in [0.2, 0.25) is 0 Å². The van der Waals surface area contributed by atoms with Gasteiger partial charge in [-0.1, -0.05) is 80.1 Å². The molecule has 25 heavy (non-hydrogen) atoms. The van der Waals surface area contributed by atoms with Gasteiger partial charge in [-0.15, -0.1) is 0 Å². The van der Waals surface area contributed by atoms with Crippen molar-refractivity contribution in [3.8, 4) is 0 Å². The van der Waals surface area contributed by atoms with E-state index in [9.17, 15) is 0 Å². The zero-order valence-electron chi connectivity index (χ0n) is 18.7. The van der Waals surface area contributed by atoms with Gasteiger partial charge in [0.1, 0.15) is 10.5 Å². The van der Waals surface area contributed by atoms with Gasteiger partial charge < -0.3 is 9.16 Å². The van der Waals surface area contributed by atoms with E-state index >= 15 is 0 Å². The topological polar surface area (TPSA) is 18.5 Å². The van der Waals surface area contributed by atoms with E-state index < -0.39 is 0 Å². The molecule has 0 aromatic carbocycles. The molecule has 0 rings (SSSR count). The number of ether oxygens (including phenoxy) is 1. The summed E-state index contributed by atoms with van der Waals surface area (Å²) in [4.78, 5) is 0. The summed E-state index contributed by atoms with van der Waals surface area (Å²) in [5.74, 6) is 2.32. The molecule has 0 heterocycles. The SMILES string of the molecule is CCOC(CCCC(C)C)C(CCCC(C)C)(CCCC(C)C)O[SiH3]. The fourth-order valence-corrected chi connectivity index (χ4v) is 4.48. The minimum atomic E-state index is -0.0387. The lowest BCUT2D eigenvalue weighted by molar-refractivity contribution is -0.103. The lowest BCUT2D eigenvalue weighted by Gasteiger charge is -2.41. The van der Waals surface area contributed by atoms with E-state index in [4.69, 9.17) is 9.16 Å². The molecule has 3 heteroatoms. The molecule has 0 saturated carbocycles. The van der Waals surface area contributed by atoms with Gasteiger partial charge in [0.25, 0.3) is 0 Å². The molecule has 1 atom stereocenters. The maximum absolute atomic E-state index is 6.39. The average Bonchev–Trinajstić information content (AvgIpc) is 2.51. The van der Waals surface area contributed by atoms with Crippen molar-refractivity contribution in [2.24, 2.45) is 17.8 Å². The molecule has 1 unspecified atom stereocenters. The molecule has 0 aliphatic rings. The van der Waals surface area contributed by atoms with Crippen molar-refractivity contribution in [1.82, 2.24) is 0 Å². The van der Waals surface area contributed by atoms with Crippen LogP contribution in [-0.2, 0) is 9.16 Å². The van der Waals surface area contributed by atoms with E-state index in [0.29, 0.717) is 0 Å². The Bertz CT molecular complexity index is 288. The molecule has 0 aromatic heterocycles. The largest absolute Gasteiger partial charge is 0.420 e. The van der Waals surface area contributed by atoms with Gasteiger partial charge in [-0.25, -0.2) is 0 Å². The van der Waals surface area contributed by atoms with Crippen molar-refractivity contribution in [1.29, 1.82) is 0 Å². The van der Waals surface area contributed by atoms with Crippen molar-refractivity contribution < 1.29 is 9.16 Å². The van der Waals surface area contributed by atoms with Gasteiger partial charge in [-0.05, 0) is 43.9 Å². The van der Waals surface area contributed by atoms with Crippen LogP contribution in [0.25, 0.3) is 0 Å². The normalized spacial score (nSPS) is 14.2. The van der Waals surface area contributed by atoms with Crippen LogP contribution in [0.15, 0.2) is 0 Å². The standard InChI is InChI=1S/C22H48O2Si/c1-8-23-21(15-9-12-18(2)3)22(24-25,16-10-13-19(4)5)17-11-14-20(6)7/h18-21H,8-17H2,1-7,25H3. The van der Waals surface area contributed by atoms with Crippen LogP contribution in [0.1, 0.15) is 106 Å². The molecule has 0 aliphatic carbocycles. The summed E-state index contributed by atoms with van der Waals surface area (Å²) in [7, 11) is 0.802. The van der Waals surface area contributed by atoms with E-state index in [0.717, 1.165) is 41.3 Å². The maximum atomic E-state index is 6.39. The highest BCUT2D eigenvalue weighted by atomic mass is 28.2. The monoisotopic (exact) mass is 372 g/mol. The fraction of sp³-hybridized carbons (Fsp3) is 1.00. The van der Waals surface area contributed by atoms with E-state index in [1.165, 1.54) is 51.4 Å². The molecular formula is C22H48O2Si. The Hall–Kier alpha value is 0.137. The second-order valence-corrected chi connectivity index (χ2v) is 9.52. The quantitative estimate of drug-likeness (QED) is 0.314. The molecule has 152 valence electrons. The first-order chi connectivity index (χ1) is 11.8. The second-order valence-electron chi connectivity index (χ2n) is 9.11. The third kappa shape index (κ3) is 11.5. The Kier molecular flexibility index (Phi) is 14.3. The summed E-state index contributed by atoms with van der Waals surface area (Å²) in [5, 5.41) is 0. The highest BCUT2D eigenvalue weighted by molar-refractivity contribution is 5.98. The third-order valence-corrected chi connectivity index (χ3v) is 6.18. The summed E-state index contributed by atoms with van der Waals surface area (Å²) in [5.41, 5.74) is -0.0387. The number of hydrogen-bond acceptors (Lipinski definition) is 2. The molecule has 0 aromatic rings. The average molecular weight is 373 g/mol. The van der Waals surface area contributed by atoms with Crippen LogP contribution in [0.5, 0.6) is 0 Å². The summed E-state index contributed by atoms with van der Waals surface area (Å²) in [6, 6.07) is 0. The second kappa shape index (κ2) is 14.2. The summed E-state index contributed by atoms with van der Waals surface area (Å²) in [6.07, 6.45) is 11.4. The number of rotatable bonds is 16. The van der Waals surface area contributed by atoms with E-state index in [1.54, 1.807) is 0 Å². The van der Waals surface area contributed by atoms with Crippen LogP contribution in [0.3, 0.4) is 0 Å². The minimum Gasteiger partial charge on any atom is -0.420 e. The highest BCUT2D eigenvalue weighted by Crippen LogP contribution is 2.34. The summed E-state index contributed by atoms with van der Waals surface area (Å²) in [6.45, 7) is 16.9. The Labute approximate surface area is 162 Å². The molecule has 0 fully saturated rings. The lowest BCUT2D eigenvalue weighted by atomic mass is 9.81. The van der Waals surface area contributed by atoms with Crippen LogP contribution < -0.4 is 0 Å². The smallest absolute Gasteiger partial charge is 0.146 e. The van der Waals surface area contributed by atoms with Crippen molar-refractivity contribution in [2.75, 3.05) is 6.61 Å². The minimum absolute atomic E-state index is 0.0387. The van der Waals surface area contributed by atoms with E-state index in [-0.39, 0.29) is 11.7 Å². The molecular weight excluding hydrogens is 324 g/mol. The first-order valence-corrected chi connectivity index (χ1v) is 11.8. The van der Waals surface area contributed by atoms with E-state index in [1.807, 2.05) is 0 Å². The molecule has 0 radical (unpaired) electrons. The van der Waals surface area contributed by atoms with Gasteiger partial charge >= 0.3 is 0 Å². The lowest BCUT2D eigenvalue weighted by Crippen LogP contribution is -2.46. The first-order valence-electron chi connectivity index (χ1n) is 10.9. The van der Waals surface area contributed by atoms with Gasteiger partial charge in [-0.2, -0.15) is 0 Å². The van der Waals surface area contributed by atoms with Gasteiger partial charge in [-0.3, -0.25) is 0 Å². The van der Waals surface area contributed by atoms with Crippen LogP contribution in [0, 0.1) is 17.8 Å². The first kappa shape index (κ1) is 25.1. The molecule has 0 saturated heterocycles. The van der Waals surface area contributed by atoms with Gasteiger partial charge in [0, 0.05) is 6.61 Å². The molecule has 0 amide bonds. The van der Waals surface area contributed by atoms with Crippen LogP contribution in [-0.4, -0.2) is 28.8 Å². The Morgan fingerprint density at radius 3 is 1.52 bits per heavy atom. The molecule has 0 spiro atoms. The Morgan fingerprint density at radius 2 is 1.16 bits per heavy atom. The van der Waals surface area contributed by atoms with Crippen molar-refractivity contribution >= 4 is 10.5 Å². The third-order valence-electron chi connectivity index (χ3n) is 5.37. The Morgan fingerprint density at radius 1 is 0.720 bits per heavy atom. The summed E-state index contributed by atoms with van der Waals surface area (Å²) >= 11 is 0. The van der Waals surface area contributed by atoms with E-state index in [2.05, 4.69) is 48.5 Å². The highest BCUT2D eigenvalue weighted by Gasteiger charge is 2.38. The van der Waals surface area contributed by atoms with Crippen LogP contribution in [0.4, 0.5) is 0 Å². The van der Waals surface area contributed by atoms with Crippen molar-refractivity contribution in [3.05, 3.63) is 0 Å². The van der Waals surface area contributed by atoms with Gasteiger partial charge in [0.05, 0.1) is 11.7 Å². The zero-order chi connectivity index (χ0) is 19.3. The number of hydrogen-bond donors (Lipinski definition) is 0. The fourth-order valence-electron chi connectivity index (χ4n) is 3.81. The predicted molar refractivity (Wildman–Crippen MR) is 115 cm³/mol. The van der Waals surface area contributed by atoms with Crippen LogP contribution >= 0.6 is 0 Å². The summed E-state index contributed by atoms with van der Waals surface area (Å²) < 4.78 is 12.7. The van der Waals surface area contributed by atoms with Crippen molar-refractivity contribution in [2.45, 2.75) is 118 Å². The molecule has 2 nitrogen and oxygen atoms in total. The Balaban J connectivity index is 5.05. The van der Waals surface area contributed by atoms with Gasteiger partial charge in [0.15, 0.2) is 0 Å². The zero-order valence-corrected chi connectivity index (χ0v) is 20.7. The van der Waals surface area contributed by atoms with Crippen molar-refractivity contribution in [3.63, 3.8) is 0 Å².